The molecule has 0 unspecified atom stereocenters. The smallest absolute Gasteiger partial charge is 0.146 e. The quantitative estimate of drug-likeness (QED) is 0.925. The van der Waals surface area contributed by atoms with Crippen LogP contribution in [0.15, 0.2) is 18.2 Å². The Hall–Kier alpha value is -1.13. The van der Waals surface area contributed by atoms with Crippen LogP contribution in [0.4, 0.5) is 10.1 Å². The van der Waals surface area contributed by atoms with Gasteiger partial charge in [0.1, 0.15) is 5.82 Å². The van der Waals surface area contributed by atoms with Crippen molar-refractivity contribution in [3.8, 4) is 0 Å². The van der Waals surface area contributed by atoms with Gasteiger partial charge in [-0.25, -0.2) is 4.39 Å². The van der Waals surface area contributed by atoms with Gasteiger partial charge in [-0.2, -0.15) is 0 Å². The van der Waals surface area contributed by atoms with Gasteiger partial charge in [0.15, 0.2) is 0 Å². The van der Waals surface area contributed by atoms with E-state index in [-0.39, 0.29) is 5.82 Å². The number of aryl methyl sites for hydroxylation is 1. The number of anilines is 1. The van der Waals surface area contributed by atoms with E-state index in [2.05, 4.69) is 9.80 Å². The van der Waals surface area contributed by atoms with Gasteiger partial charge in [0.2, 0.25) is 0 Å². The van der Waals surface area contributed by atoms with Crippen LogP contribution in [0.25, 0.3) is 0 Å². The van der Waals surface area contributed by atoms with E-state index in [4.69, 9.17) is 5.73 Å². The zero-order valence-electron chi connectivity index (χ0n) is 14.3. The van der Waals surface area contributed by atoms with Crippen LogP contribution in [0.1, 0.15) is 37.7 Å². The molecule has 1 aromatic carbocycles. The first kappa shape index (κ1) is 16.7. The second kappa shape index (κ2) is 7.63. The van der Waals surface area contributed by atoms with Crippen molar-refractivity contribution in [3.63, 3.8) is 0 Å². The molecular weight excluding hydrogens is 289 g/mol. The molecule has 1 saturated carbocycles. The minimum atomic E-state index is -0.0861. The molecule has 2 aliphatic rings. The number of hydrogen-bond acceptors (Lipinski definition) is 3. The summed E-state index contributed by atoms with van der Waals surface area (Å²) in [5.41, 5.74) is 7.73. The summed E-state index contributed by atoms with van der Waals surface area (Å²) in [6, 6.07) is 6.00. The Morgan fingerprint density at radius 1 is 1.09 bits per heavy atom. The van der Waals surface area contributed by atoms with Crippen molar-refractivity contribution < 1.29 is 4.39 Å². The summed E-state index contributed by atoms with van der Waals surface area (Å²) in [6.45, 7) is 7.05. The Bertz CT molecular complexity index is 503. The van der Waals surface area contributed by atoms with Crippen LogP contribution in [0.3, 0.4) is 0 Å². The van der Waals surface area contributed by atoms with Crippen LogP contribution in [0.5, 0.6) is 0 Å². The van der Waals surface area contributed by atoms with Crippen LogP contribution in [-0.2, 0) is 0 Å². The molecular formula is C19H30FN3. The number of nitrogens with two attached hydrogens (primary N) is 1. The predicted octanol–water partition coefficient (Wildman–Crippen LogP) is 3.16. The highest BCUT2D eigenvalue weighted by atomic mass is 19.1. The summed E-state index contributed by atoms with van der Waals surface area (Å²) in [6.07, 6.45) is 6.30. The summed E-state index contributed by atoms with van der Waals surface area (Å²) in [5.74, 6) is 0.777. The molecule has 128 valence electrons. The lowest BCUT2D eigenvalue weighted by Gasteiger charge is -2.37. The minimum Gasteiger partial charge on any atom is -0.367 e. The van der Waals surface area contributed by atoms with Crippen molar-refractivity contribution >= 4 is 5.69 Å². The molecule has 1 aromatic rings. The lowest BCUT2D eigenvalue weighted by Crippen LogP contribution is -2.47. The average Bonchev–Trinajstić information content (AvgIpc) is 2.55. The standard InChI is InChI=1S/C19H30FN3/c1-15-2-7-19(18(20)14-15)23-12-10-22(11-13-23)9-8-16-3-5-17(21)6-4-16/h2,7,14,16-17H,3-6,8-13,21H2,1H3. The molecule has 1 aliphatic carbocycles. The van der Waals surface area contributed by atoms with E-state index >= 15 is 0 Å². The van der Waals surface area contributed by atoms with E-state index in [1.54, 1.807) is 6.07 Å². The summed E-state index contributed by atoms with van der Waals surface area (Å²) in [4.78, 5) is 4.72. The fourth-order valence-corrected chi connectivity index (χ4v) is 3.92. The second-order valence-corrected chi connectivity index (χ2v) is 7.35. The Morgan fingerprint density at radius 3 is 2.43 bits per heavy atom. The van der Waals surface area contributed by atoms with Crippen molar-refractivity contribution in [3.05, 3.63) is 29.6 Å². The van der Waals surface area contributed by atoms with Crippen LogP contribution in [0, 0.1) is 18.7 Å². The Morgan fingerprint density at radius 2 is 1.78 bits per heavy atom. The molecule has 2 N–H and O–H groups in total. The Labute approximate surface area is 139 Å². The molecule has 0 atom stereocenters. The van der Waals surface area contributed by atoms with E-state index in [0.29, 0.717) is 6.04 Å². The first-order valence-corrected chi connectivity index (χ1v) is 9.11. The fraction of sp³-hybridized carbons (Fsp3) is 0.684. The molecule has 0 aromatic heterocycles. The van der Waals surface area contributed by atoms with Gasteiger partial charge in [0, 0.05) is 32.2 Å². The van der Waals surface area contributed by atoms with Gasteiger partial charge >= 0.3 is 0 Å². The van der Waals surface area contributed by atoms with Crippen molar-refractivity contribution in [2.75, 3.05) is 37.6 Å². The monoisotopic (exact) mass is 319 g/mol. The van der Waals surface area contributed by atoms with Gasteiger partial charge < -0.3 is 10.6 Å². The molecule has 1 aliphatic heterocycles. The van der Waals surface area contributed by atoms with Crippen molar-refractivity contribution in [2.45, 2.75) is 45.1 Å². The van der Waals surface area contributed by atoms with Crippen LogP contribution < -0.4 is 10.6 Å². The zero-order chi connectivity index (χ0) is 16.2. The zero-order valence-corrected chi connectivity index (χ0v) is 14.3. The van der Waals surface area contributed by atoms with E-state index in [9.17, 15) is 4.39 Å². The number of hydrogen-bond donors (Lipinski definition) is 1. The van der Waals surface area contributed by atoms with E-state index in [1.165, 1.54) is 38.6 Å². The molecule has 3 nitrogen and oxygen atoms in total. The lowest BCUT2D eigenvalue weighted by molar-refractivity contribution is 0.216. The molecule has 1 saturated heterocycles. The van der Waals surface area contributed by atoms with Gasteiger partial charge in [0.05, 0.1) is 5.69 Å². The van der Waals surface area contributed by atoms with Gasteiger partial charge in [0.25, 0.3) is 0 Å². The molecule has 0 radical (unpaired) electrons. The fourth-order valence-electron chi connectivity index (χ4n) is 3.92. The number of halogens is 1. The maximum Gasteiger partial charge on any atom is 0.146 e. The van der Waals surface area contributed by atoms with E-state index < -0.39 is 0 Å². The highest BCUT2D eigenvalue weighted by molar-refractivity contribution is 5.49. The molecule has 23 heavy (non-hydrogen) atoms. The predicted molar refractivity (Wildman–Crippen MR) is 94.3 cm³/mol. The second-order valence-electron chi connectivity index (χ2n) is 7.35. The number of benzene rings is 1. The van der Waals surface area contributed by atoms with Crippen molar-refractivity contribution in [1.82, 2.24) is 4.90 Å². The van der Waals surface area contributed by atoms with Crippen LogP contribution >= 0.6 is 0 Å². The molecule has 1 heterocycles. The highest BCUT2D eigenvalue weighted by Crippen LogP contribution is 2.26. The molecule has 0 bridgehead atoms. The topological polar surface area (TPSA) is 32.5 Å². The maximum atomic E-state index is 14.1. The highest BCUT2D eigenvalue weighted by Gasteiger charge is 2.22. The minimum absolute atomic E-state index is 0.0861. The summed E-state index contributed by atoms with van der Waals surface area (Å²) in [5, 5.41) is 0. The third kappa shape index (κ3) is 4.45. The lowest BCUT2D eigenvalue weighted by atomic mass is 9.84. The molecule has 3 rings (SSSR count). The summed E-state index contributed by atoms with van der Waals surface area (Å²) >= 11 is 0. The SMILES string of the molecule is Cc1ccc(N2CCN(CCC3CCC(N)CC3)CC2)c(F)c1. The van der Waals surface area contributed by atoms with Crippen LogP contribution in [0.2, 0.25) is 0 Å². The van der Waals surface area contributed by atoms with Gasteiger partial charge in [-0.15, -0.1) is 0 Å². The number of rotatable bonds is 4. The van der Waals surface area contributed by atoms with E-state index in [0.717, 1.165) is 43.3 Å². The van der Waals surface area contributed by atoms with Crippen LogP contribution in [-0.4, -0.2) is 43.7 Å². The Balaban J connectivity index is 1.43. The number of nitrogens with zero attached hydrogens (tertiary/aromatic N) is 2. The van der Waals surface area contributed by atoms with Crippen molar-refractivity contribution in [1.29, 1.82) is 0 Å². The molecule has 0 spiro atoms. The normalized spacial score (nSPS) is 26.5. The first-order valence-electron chi connectivity index (χ1n) is 9.11. The largest absolute Gasteiger partial charge is 0.367 e. The van der Waals surface area contributed by atoms with Gasteiger partial charge in [-0.1, -0.05) is 6.07 Å². The number of piperazine rings is 1. The first-order chi connectivity index (χ1) is 11.1. The van der Waals surface area contributed by atoms with Crippen molar-refractivity contribution in [2.24, 2.45) is 11.7 Å². The van der Waals surface area contributed by atoms with Gasteiger partial charge in [-0.05, 0) is 69.2 Å². The molecule has 2 fully saturated rings. The Kier molecular flexibility index (Phi) is 5.54. The average molecular weight is 319 g/mol. The third-order valence-corrected chi connectivity index (χ3v) is 5.56. The molecule has 0 amide bonds. The van der Waals surface area contributed by atoms with E-state index in [1.807, 2.05) is 19.1 Å². The summed E-state index contributed by atoms with van der Waals surface area (Å²) in [7, 11) is 0. The van der Waals surface area contributed by atoms with Gasteiger partial charge in [-0.3, -0.25) is 4.90 Å². The molecule has 4 heteroatoms. The third-order valence-electron chi connectivity index (χ3n) is 5.56. The summed E-state index contributed by atoms with van der Waals surface area (Å²) < 4.78 is 14.1. The maximum absolute atomic E-state index is 14.1.